The Kier molecular flexibility index (Phi) is 8.16. The predicted octanol–water partition coefficient (Wildman–Crippen LogP) is 3.14. The summed E-state index contributed by atoms with van der Waals surface area (Å²) in [4.78, 5) is 9.52. The Morgan fingerprint density at radius 1 is 1.11 bits per heavy atom. The van der Waals surface area contributed by atoms with Gasteiger partial charge >= 0.3 is 0 Å². The standard InChI is InChI=1S/C23H38N4O/c1-4-28-18-22-11-14-27(17-22)23(24-3)25-15-20-9-12-26(13-10-20)16-21-7-5-19(2)6-8-21/h5-8,20,22H,4,9-18H2,1-3H3,(H,24,25). The number of rotatable bonds is 7. The Bertz CT molecular complexity index is 608. The number of hydrogen-bond donors (Lipinski definition) is 1. The molecule has 5 nitrogen and oxygen atoms in total. The molecule has 2 aliphatic heterocycles. The number of aliphatic imine (C=N–C) groups is 1. The molecule has 1 aromatic rings. The topological polar surface area (TPSA) is 40.1 Å². The molecule has 2 saturated heterocycles. The molecule has 2 aliphatic rings. The maximum Gasteiger partial charge on any atom is 0.193 e. The van der Waals surface area contributed by atoms with Crippen LogP contribution in [0.4, 0.5) is 0 Å². The van der Waals surface area contributed by atoms with Gasteiger partial charge in [-0.3, -0.25) is 9.89 Å². The Labute approximate surface area is 171 Å². The molecule has 2 fully saturated rings. The van der Waals surface area contributed by atoms with E-state index < -0.39 is 0 Å². The van der Waals surface area contributed by atoms with Gasteiger partial charge in [-0.1, -0.05) is 29.8 Å². The zero-order chi connectivity index (χ0) is 19.8. The molecule has 1 aromatic carbocycles. The number of nitrogens with zero attached hydrogens (tertiary/aromatic N) is 3. The van der Waals surface area contributed by atoms with E-state index in [9.17, 15) is 0 Å². The van der Waals surface area contributed by atoms with Gasteiger partial charge in [-0.05, 0) is 57.7 Å². The summed E-state index contributed by atoms with van der Waals surface area (Å²) < 4.78 is 5.60. The van der Waals surface area contributed by atoms with Gasteiger partial charge in [0.15, 0.2) is 5.96 Å². The molecule has 1 N–H and O–H groups in total. The fraction of sp³-hybridized carbons (Fsp3) is 0.696. The van der Waals surface area contributed by atoms with E-state index in [0.717, 1.165) is 51.3 Å². The molecule has 0 amide bonds. The maximum atomic E-state index is 5.60. The monoisotopic (exact) mass is 386 g/mol. The maximum absolute atomic E-state index is 5.60. The zero-order valence-corrected chi connectivity index (χ0v) is 18.0. The molecule has 0 aromatic heterocycles. The lowest BCUT2D eigenvalue weighted by Crippen LogP contribution is -2.44. The van der Waals surface area contributed by atoms with Gasteiger partial charge in [-0.15, -0.1) is 0 Å². The lowest BCUT2D eigenvalue weighted by Gasteiger charge is -2.33. The third kappa shape index (κ3) is 6.21. The molecule has 0 bridgehead atoms. The molecule has 0 radical (unpaired) electrons. The summed E-state index contributed by atoms with van der Waals surface area (Å²) in [6.45, 7) is 12.6. The minimum absolute atomic E-state index is 0.642. The lowest BCUT2D eigenvalue weighted by atomic mass is 9.96. The highest BCUT2D eigenvalue weighted by molar-refractivity contribution is 5.80. The molecule has 156 valence electrons. The van der Waals surface area contributed by atoms with E-state index in [4.69, 9.17) is 4.74 Å². The van der Waals surface area contributed by atoms with E-state index in [1.54, 1.807) is 0 Å². The van der Waals surface area contributed by atoms with Crippen LogP contribution in [0.1, 0.15) is 37.3 Å². The van der Waals surface area contributed by atoms with Crippen LogP contribution in [0.5, 0.6) is 0 Å². The third-order valence-electron chi connectivity index (χ3n) is 6.14. The second kappa shape index (κ2) is 10.8. The van der Waals surface area contributed by atoms with E-state index in [1.165, 1.54) is 43.5 Å². The smallest absolute Gasteiger partial charge is 0.193 e. The predicted molar refractivity (Wildman–Crippen MR) is 117 cm³/mol. The summed E-state index contributed by atoms with van der Waals surface area (Å²) in [5.41, 5.74) is 2.77. The van der Waals surface area contributed by atoms with Crippen LogP contribution in [0.15, 0.2) is 29.3 Å². The summed E-state index contributed by atoms with van der Waals surface area (Å²) in [6, 6.07) is 8.97. The fourth-order valence-electron chi connectivity index (χ4n) is 4.31. The first-order chi connectivity index (χ1) is 13.7. The van der Waals surface area contributed by atoms with Gasteiger partial charge in [0.1, 0.15) is 0 Å². The molecule has 0 spiro atoms. The number of piperidine rings is 1. The Morgan fingerprint density at radius 3 is 2.50 bits per heavy atom. The number of likely N-dealkylation sites (tertiary alicyclic amines) is 2. The van der Waals surface area contributed by atoms with Crippen LogP contribution >= 0.6 is 0 Å². The summed E-state index contributed by atoms with van der Waals surface area (Å²) >= 11 is 0. The fourth-order valence-corrected chi connectivity index (χ4v) is 4.31. The number of benzene rings is 1. The van der Waals surface area contributed by atoms with E-state index >= 15 is 0 Å². The minimum atomic E-state index is 0.642. The van der Waals surface area contributed by atoms with Crippen LogP contribution < -0.4 is 5.32 Å². The Morgan fingerprint density at radius 2 is 1.82 bits per heavy atom. The molecule has 0 saturated carbocycles. The number of aryl methyl sites for hydroxylation is 1. The van der Waals surface area contributed by atoms with Crippen molar-refractivity contribution in [3.8, 4) is 0 Å². The third-order valence-corrected chi connectivity index (χ3v) is 6.14. The minimum Gasteiger partial charge on any atom is -0.381 e. The molecule has 1 atom stereocenters. The van der Waals surface area contributed by atoms with Crippen molar-refractivity contribution < 1.29 is 4.74 Å². The summed E-state index contributed by atoms with van der Waals surface area (Å²) in [5.74, 6) is 2.46. The Balaban J connectivity index is 1.37. The zero-order valence-electron chi connectivity index (χ0n) is 18.0. The van der Waals surface area contributed by atoms with Crippen molar-refractivity contribution in [1.29, 1.82) is 0 Å². The molecular weight excluding hydrogens is 348 g/mol. The van der Waals surface area contributed by atoms with Crippen molar-refractivity contribution in [3.05, 3.63) is 35.4 Å². The SMILES string of the molecule is CCOCC1CCN(C(=NC)NCC2CCN(Cc3ccc(C)cc3)CC2)C1. The van der Waals surface area contributed by atoms with E-state index in [2.05, 4.69) is 58.2 Å². The number of nitrogens with one attached hydrogen (secondary N) is 1. The second-order valence-corrected chi connectivity index (χ2v) is 8.39. The van der Waals surface area contributed by atoms with Crippen molar-refractivity contribution in [2.45, 2.75) is 39.7 Å². The molecule has 2 heterocycles. The lowest BCUT2D eigenvalue weighted by molar-refractivity contribution is 0.114. The van der Waals surface area contributed by atoms with Crippen LogP contribution in [-0.4, -0.2) is 68.7 Å². The van der Waals surface area contributed by atoms with Crippen molar-refractivity contribution in [2.24, 2.45) is 16.8 Å². The highest BCUT2D eigenvalue weighted by Crippen LogP contribution is 2.20. The summed E-state index contributed by atoms with van der Waals surface area (Å²) in [6.07, 6.45) is 3.74. The summed E-state index contributed by atoms with van der Waals surface area (Å²) in [5, 5.41) is 3.65. The molecule has 0 aliphatic carbocycles. The highest BCUT2D eigenvalue weighted by Gasteiger charge is 2.26. The van der Waals surface area contributed by atoms with Gasteiger partial charge in [0.05, 0.1) is 6.61 Å². The first-order valence-corrected chi connectivity index (χ1v) is 11.0. The highest BCUT2D eigenvalue weighted by atomic mass is 16.5. The molecule has 28 heavy (non-hydrogen) atoms. The van der Waals surface area contributed by atoms with Gasteiger partial charge in [-0.2, -0.15) is 0 Å². The Hall–Kier alpha value is -1.59. The number of ether oxygens (including phenoxy) is 1. The van der Waals surface area contributed by atoms with E-state index in [-0.39, 0.29) is 0 Å². The van der Waals surface area contributed by atoms with Crippen LogP contribution in [-0.2, 0) is 11.3 Å². The van der Waals surface area contributed by atoms with E-state index in [0.29, 0.717) is 5.92 Å². The number of guanidine groups is 1. The molecular formula is C23H38N4O. The van der Waals surface area contributed by atoms with Crippen LogP contribution in [0.3, 0.4) is 0 Å². The van der Waals surface area contributed by atoms with Crippen molar-refractivity contribution in [3.63, 3.8) is 0 Å². The summed E-state index contributed by atoms with van der Waals surface area (Å²) in [7, 11) is 1.91. The largest absolute Gasteiger partial charge is 0.381 e. The van der Waals surface area contributed by atoms with Gasteiger partial charge in [-0.25, -0.2) is 0 Å². The average molecular weight is 387 g/mol. The average Bonchev–Trinajstić information content (AvgIpc) is 3.18. The first-order valence-electron chi connectivity index (χ1n) is 11.0. The molecule has 5 heteroatoms. The van der Waals surface area contributed by atoms with Gasteiger partial charge in [0.25, 0.3) is 0 Å². The second-order valence-electron chi connectivity index (χ2n) is 8.39. The van der Waals surface area contributed by atoms with Crippen molar-refractivity contribution in [2.75, 3.05) is 53.0 Å². The van der Waals surface area contributed by atoms with Crippen LogP contribution in [0, 0.1) is 18.8 Å². The van der Waals surface area contributed by atoms with Crippen molar-refractivity contribution >= 4 is 5.96 Å². The van der Waals surface area contributed by atoms with Gasteiger partial charge in [0.2, 0.25) is 0 Å². The van der Waals surface area contributed by atoms with Gasteiger partial charge < -0.3 is 15.0 Å². The number of hydrogen-bond acceptors (Lipinski definition) is 3. The quantitative estimate of drug-likeness (QED) is 0.577. The van der Waals surface area contributed by atoms with Crippen LogP contribution in [0.2, 0.25) is 0 Å². The van der Waals surface area contributed by atoms with E-state index in [1.807, 2.05) is 7.05 Å². The first kappa shape index (κ1) is 21.1. The molecule has 3 rings (SSSR count). The van der Waals surface area contributed by atoms with Crippen molar-refractivity contribution in [1.82, 2.24) is 15.1 Å². The molecule has 1 unspecified atom stereocenters. The normalized spacial score (nSPS) is 22.0. The van der Waals surface area contributed by atoms with Gasteiger partial charge in [0, 0.05) is 45.8 Å². The van der Waals surface area contributed by atoms with Crippen LogP contribution in [0.25, 0.3) is 0 Å².